The Balaban J connectivity index is 2.71. The average molecular weight is 296 g/mol. The summed E-state index contributed by atoms with van der Waals surface area (Å²) >= 11 is 0. The summed E-state index contributed by atoms with van der Waals surface area (Å²) in [5.74, 6) is 1.15. The summed E-state index contributed by atoms with van der Waals surface area (Å²) in [5, 5.41) is 2.88. The molecule has 0 aromatic rings. The first-order valence-electron chi connectivity index (χ1n) is 8.36. The van der Waals surface area contributed by atoms with Gasteiger partial charge in [0.2, 0.25) is 11.8 Å². The maximum Gasteiger partial charge on any atom is 0.246 e. The van der Waals surface area contributed by atoms with Crippen LogP contribution in [0.25, 0.3) is 0 Å². The molecule has 21 heavy (non-hydrogen) atoms. The Morgan fingerprint density at radius 3 is 2.19 bits per heavy atom. The number of nitrogens with one attached hydrogen (secondary N) is 1. The zero-order valence-corrected chi connectivity index (χ0v) is 14.5. The number of nitrogens with zero attached hydrogens (tertiary/aromatic N) is 1. The number of amides is 2. The highest BCUT2D eigenvalue weighted by molar-refractivity contribution is 5.96. The van der Waals surface area contributed by atoms with E-state index in [9.17, 15) is 9.59 Å². The lowest BCUT2D eigenvalue weighted by molar-refractivity contribution is -0.151. The van der Waals surface area contributed by atoms with Crippen molar-refractivity contribution in [3.8, 4) is 0 Å². The van der Waals surface area contributed by atoms with Crippen molar-refractivity contribution in [1.29, 1.82) is 0 Å². The molecule has 2 amide bonds. The lowest BCUT2D eigenvalue weighted by Gasteiger charge is -2.41. The fraction of sp³-hybridized carbons (Fsp3) is 0.882. The van der Waals surface area contributed by atoms with Gasteiger partial charge in [-0.3, -0.25) is 9.59 Å². The van der Waals surface area contributed by atoms with Gasteiger partial charge < -0.3 is 10.2 Å². The van der Waals surface area contributed by atoms with Crippen LogP contribution in [0, 0.1) is 11.8 Å². The number of carbonyl (C=O) groups excluding carboxylic acids is 2. The molecule has 0 spiro atoms. The Morgan fingerprint density at radius 2 is 1.67 bits per heavy atom. The summed E-state index contributed by atoms with van der Waals surface area (Å²) in [6.07, 6.45) is 3.95. The Morgan fingerprint density at radius 1 is 1.05 bits per heavy atom. The van der Waals surface area contributed by atoms with Gasteiger partial charge in [-0.05, 0) is 38.5 Å². The summed E-state index contributed by atoms with van der Waals surface area (Å²) in [6.45, 7) is 12.5. The van der Waals surface area contributed by atoms with E-state index in [0.29, 0.717) is 18.3 Å². The fourth-order valence-corrected chi connectivity index (χ4v) is 3.04. The predicted octanol–water partition coefficient (Wildman–Crippen LogP) is 2.96. The molecule has 1 saturated heterocycles. The van der Waals surface area contributed by atoms with E-state index in [-0.39, 0.29) is 29.9 Å². The quantitative estimate of drug-likeness (QED) is 0.785. The Kier molecular flexibility index (Phi) is 6.69. The second-order valence-electron chi connectivity index (χ2n) is 7.29. The molecule has 0 aliphatic carbocycles. The molecule has 1 fully saturated rings. The maximum atomic E-state index is 12.7. The van der Waals surface area contributed by atoms with E-state index < -0.39 is 0 Å². The second kappa shape index (κ2) is 7.81. The first-order chi connectivity index (χ1) is 9.73. The Labute approximate surface area is 129 Å². The number of hydrogen-bond acceptors (Lipinski definition) is 2. The van der Waals surface area contributed by atoms with Crippen LogP contribution < -0.4 is 5.32 Å². The molecule has 0 radical (unpaired) electrons. The minimum atomic E-state index is -0.352. The van der Waals surface area contributed by atoms with Crippen molar-refractivity contribution in [1.82, 2.24) is 10.2 Å². The highest BCUT2D eigenvalue weighted by atomic mass is 16.2. The smallest absolute Gasteiger partial charge is 0.246 e. The number of rotatable bonds is 7. The molecule has 1 aliphatic heterocycles. The van der Waals surface area contributed by atoms with Gasteiger partial charge in [0.15, 0.2) is 0 Å². The molecule has 0 saturated carbocycles. The summed E-state index contributed by atoms with van der Waals surface area (Å²) in [6, 6.07) is -0.567. The van der Waals surface area contributed by atoms with Crippen molar-refractivity contribution in [3.05, 3.63) is 0 Å². The van der Waals surface area contributed by atoms with E-state index in [0.717, 1.165) is 12.8 Å². The van der Waals surface area contributed by atoms with Crippen LogP contribution in [0.5, 0.6) is 0 Å². The normalized spacial score (nSPS) is 24.7. The van der Waals surface area contributed by atoms with E-state index in [1.54, 1.807) is 0 Å². The molecule has 1 N–H and O–H groups in total. The molecular weight excluding hydrogens is 264 g/mol. The minimum Gasteiger partial charge on any atom is -0.343 e. The standard InChI is InChI=1S/C17H32N2O2/c1-11(2)8-7-9-13(5)19-14(6)16(20)18-15(17(19)21)10-12(3)4/h11-15H,7-10H2,1-6H3,(H,18,20). The molecule has 3 atom stereocenters. The van der Waals surface area contributed by atoms with E-state index in [4.69, 9.17) is 0 Å². The summed E-state index contributed by atoms with van der Waals surface area (Å²) in [5.41, 5.74) is 0. The largest absolute Gasteiger partial charge is 0.343 e. The third-order valence-corrected chi connectivity index (χ3v) is 4.25. The minimum absolute atomic E-state index is 0.0176. The van der Waals surface area contributed by atoms with Crippen LogP contribution in [0.3, 0.4) is 0 Å². The van der Waals surface area contributed by atoms with Gasteiger partial charge in [-0.1, -0.05) is 40.5 Å². The van der Waals surface area contributed by atoms with Crippen molar-refractivity contribution in [2.75, 3.05) is 0 Å². The molecule has 0 aromatic carbocycles. The van der Waals surface area contributed by atoms with E-state index in [1.165, 1.54) is 6.42 Å². The Hall–Kier alpha value is -1.06. The third-order valence-electron chi connectivity index (χ3n) is 4.25. The molecule has 0 bridgehead atoms. The van der Waals surface area contributed by atoms with Gasteiger partial charge in [-0.2, -0.15) is 0 Å². The van der Waals surface area contributed by atoms with Crippen LogP contribution >= 0.6 is 0 Å². The van der Waals surface area contributed by atoms with Crippen molar-refractivity contribution >= 4 is 11.8 Å². The zero-order chi connectivity index (χ0) is 16.2. The van der Waals surface area contributed by atoms with Crippen LogP contribution in [0.1, 0.15) is 67.2 Å². The van der Waals surface area contributed by atoms with Crippen LogP contribution in [-0.2, 0) is 9.59 Å². The van der Waals surface area contributed by atoms with Gasteiger partial charge >= 0.3 is 0 Å². The first kappa shape index (κ1) is 18.0. The van der Waals surface area contributed by atoms with Gasteiger partial charge in [0, 0.05) is 6.04 Å². The third kappa shape index (κ3) is 5.01. The van der Waals surface area contributed by atoms with Crippen LogP contribution in [-0.4, -0.2) is 34.8 Å². The molecule has 4 heteroatoms. The Bertz CT molecular complexity index is 366. The topological polar surface area (TPSA) is 49.4 Å². The van der Waals surface area contributed by atoms with Gasteiger partial charge in [0.25, 0.3) is 0 Å². The molecule has 1 rings (SSSR count). The van der Waals surface area contributed by atoms with Crippen molar-refractivity contribution in [3.63, 3.8) is 0 Å². The number of hydrogen-bond donors (Lipinski definition) is 1. The number of piperazine rings is 1. The van der Waals surface area contributed by atoms with Gasteiger partial charge in [-0.25, -0.2) is 0 Å². The van der Waals surface area contributed by atoms with Crippen molar-refractivity contribution in [2.24, 2.45) is 11.8 Å². The average Bonchev–Trinajstić information content (AvgIpc) is 2.35. The fourth-order valence-electron chi connectivity index (χ4n) is 3.04. The van der Waals surface area contributed by atoms with Crippen LogP contribution in [0.4, 0.5) is 0 Å². The lowest BCUT2D eigenvalue weighted by atomic mass is 9.96. The highest BCUT2D eigenvalue weighted by Crippen LogP contribution is 2.21. The van der Waals surface area contributed by atoms with Crippen molar-refractivity contribution in [2.45, 2.75) is 85.4 Å². The SMILES string of the molecule is CC(C)CCCC(C)N1C(=O)C(CC(C)C)NC(=O)C1C. The van der Waals surface area contributed by atoms with Gasteiger partial charge in [0.1, 0.15) is 12.1 Å². The molecular formula is C17H32N2O2. The highest BCUT2D eigenvalue weighted by Gasteiger charge is 2.40. The monoisotopic (exact) mass is 296 g/mol. The maximum absolute atomic E-state index is 12.7. The van der Waals surface area contributed by atoms with E-state index in [1.807, 2.05) is 11.8 Å². The van der Waals surface area contributed by atoms with Crippen LogP contribution in [0.15, 0.2) is 0 Å². The summed E-state index contributed by atoms with van der Waals surface area (Å²) in [7, 11) is 0. The van der Waals surface area contributed by atoms with E-state index in [2.05, 4.69) is 39.9 Å². The first-order valence-corrected chi connectivity index (χ1v) is 8.36. The van der Waals surface area contributed by atoms with Crippen molar-refractivity contribution < 1.29 is 9.59 Å². The molecule has 3 unspecified atom stereocenters. The summed E-state index contributed by atoms with van der Waals surface area (Å²) in [4.78, 5) is 26.6. The molecule has 1 heterocycles. The second-order valence-corrected chi connectivity index (χ2v) is 7.29. The molecule has 122 valence electrons. The van der Waals surface area contributed by atoms with Gasteiger partial charge in [0.05, 0.1) is 0 Å². The number of carbonyl (C=O) groups is 2. The lowest BCUT2D eigenvalue weighted by Crippen LogP contribution is -2.64. The van der Waals surface area contributed by atoms with Crippen LogP contribution in [0.2, 0.25) is 0 Å². The zero-order valence-electron chi connectivity index (χ0n) is 14.5. The van der Waals surface area contributed by atoms with E-state index >= 15 is 0 Å². The summed E-state index contributed by atoms with van der Waals surface area (Å²) < 4.78 is 0. The molecule has 4 nitrogen and oxygen atoms in total. The molecule has 1 aliphatic rings. The van der Waals surface area contributed by atoms with Gasteiger partial charge in [-0.15, -0.1) is 0 Å². The molecule has 0 aromatic heterocycles. The predicted molar refractivity (Wildman–Crippen MR) is 85.8 cm³/mol.